The van der Waals surface area contributed by atoms with Crippen LogP contribution in [0.1, 0.15) is 27.7 Å². The Hall–Kier alpha value is -2.89. The smallest absolute Gasteiger partial charge is 0.303 e. The minimum absolute atomic E-state index is 0.0522. The first-order valence-corrected chi connectivity index (χ1v) is 8.58. The van der Waals surface area contributed by atoms with E-state index in [2.05, 4.69) is 10.0 Å². The van der Waals surface area contributed by atoms with Gasteiger partial charge in [0.1, 0.15) is 12.7 Å². The third kappa shape index (κ3) is 8.34. The predicted molar refractivity (Wildman–Crippen MR) is 91.9 cm³/mol. The molecule has 1 rings (SSSR count). The van der Waals surface area contributed by atoms with E-state index in [1.165, 1.54) is 6.92 Å². The maximum atomic E-state index is 11.6. The lowest BCUT2D eigenvalue weighted by atomic mass is 9.98. The van der Waals surface area contributed by atoms with Gasteiger partial charge in [0, 0.05) is 39.2 Å². The van der Waals surface area contributed by atoms with E-state index in [0.717, 1.165) is 20.8 Å². The number of hydrogen-bond donors (Lipinski definition) is 0. The highest BCUT2D eigenvalue weighted by Crippen LogP contribution is 2.29. The Balaban J connectivity index is 3.22. The standard InChI is InChI=1S/C16H23N3O10/c1-8(20)25-7-12-13(26-9(2)21)14(27-10(3)22)15(28-11(4)23)16(29-12)24-6-5-18-19-17/h12-16H,5-7H2,1-4H3/t12-,13-,14+,15-,16+/m1/s1. The fourth-order valence-corrected chi connectivity index (χ4v) is 2.58. The zero-order valence-corrected chi connectivity index (χ0v) is 16.4. The van der Waals surface area contributed by atoms with Crippen molar-refractivity contribution in [3.63, 3.8) is 0 Å². The Morgan fingerprint density at radius 2 is 1.45 bits per heavy atom. The molecule has 1 aliphatic heterocycles. The van der Waals surface area contributed by atoms with Gasteiger partial charge < -0.3 is 28.4 Å². The zero-order valence-electron chi connectivity index (χ0n) is 16.4. The fourth-order valence-electron chi connectivity index (χ4n) is 2.58. The summed E-state index contributed by atoms with van der Waals surface area (Å²) in [5, 5.41) is 3.31. The van der Waals surface area contributed by atoms with Gasteiger partial charge in [0.05, 0.1) is 6.61 Å². The van der Waals surface area contributed by atoms with Crippen molar-refractivity contribution in [1.29, 1.82) is 0 Å². The van der Waals surface area contributed by atoms with Crippen molar-refractivity contribution in [1.82, 2.24) is 0 Å². The zero-order chi connectivity index (χ0) is 22.0. The van der Waals surface area contributed by atoms with Gasteiger partial charge in [0.2, 0.25) is 0 Å². The Morgan fingerprint density at radius 1 is 0.897 bits per heavy atom. The molecule has 5 atom stereocenters. The second kappa shape index (κ2) is 11.8. The lowest BCUT2D eigenvalue weighted by Crippen LogP contribution is -2.63. The molecule has 1 heterocycles. The molecule has 0 bridgehead atoms. The quantitative estimate of drug-likeness (QED) is 0.128. The van der Waals surface area contributed by atoms with E-state index in [1.807, 2.05) is 0 Å². The molecule has 29 heavy (non-hydrogen) atoms. The van der Waals surface area contributed by atoms with Gasteiger partial charge in [-0.15, -0.1) is 0 Å². The number of rotatable bonds is 9. The Labute approximate surface area is 166 Å². The number of carbonyl (C=O) groups excluding carboxylic acids is 4. The molecule has 0 amide bonds. The van der Waals surface area contributed by atoms with Crippen LogP contribution in [-0.4, -0.2) is 74.3 Å². The van der Waals surface area contributed by atoms with Crippen LogP contribution in [0.4, 0.5) is 0 Å². The normalized spacial score (nSPS) is 25.9. The third-order valence-electron chi connectivity index (χ3n) is 3.48. The molecule has 0 aromatic rings. The molecule has 1 aliphatic rings. The van der Waals surface area contributed by atoms with Crippen LogP contribution in [-0.2, 0) is 47.6 Å². The molecule has 0 unspecified atom stereocenters. The number of carbonyl (C=O) groups is 4. The van der Waals surface area contributed by atoms with E-state index in [9.17, 15) is 19.2 Å². The first-order valence-electron chi connectivity index (χ1n) is 8.58. The maximum Gasteiger partial charge on any atom is 0.303 e. The molecular formula is C16H23N3O10. The van der Waals surface area contributed by atoms with Gasteiger partial charge in [-0.3, -0.25) is 19.2 Å². The van der Waals surface area contributed by atoms with Gasteiger partial charge >= 0.3 is 23.9 Å². The number of ether oxygens (including phenoxy) is 6. The topological polar surface area (TPSA) is 172 Å². The summed E-state index contributed by atoms with van der Waals surface area (Å²) in [6.07, 6.45) is -6.25. The van der Waals surface area contributed by atoms with E-state index in [1.54, 1.807) is 0 Å². The van der Waals surface area contributed by atoms with E-state index < -0.39 is 54.6 Å². The molecule has 0 N–H and O–H groups in total. The van der Waals surface area contributed by atoms with Gasteiger partial charge in [-0.05, 0) is 5.53 Å². The van der Waals surface area contributed by atoms with Gasteiger partial charge in [-0.2, -0.15) is 0 Å². The highest BCUT2D eigenvalue weighted by molar-refractivity contribution is 5.68. The highest BCUT2D eigenvalue weighted by atomic mass is 16.7. The van der Waals surface area contributed by atoms with Crippen molar-refractivity contribution in [2.45, 2.75) is 58.4 Å². The van der Waals surface area contributed by atoms with E-state index in [0.29, 0.717) is 0 Å². The fraction of sp³-hybridized carbons (Fsp3) is 0.750. The lowest BCUT2D eigenvalue weighted by Gasteiger charge is -2.44. The Kier molecular flexibility index (Phi) is 9.86. The molecule has 1 fully saturated rings. The largest absolute Gasteiger partial charge is 0.463 e. The van der Waals surface area contributed by atoms with Crippen molar-refractivity contribution in [3.8, 4) is 0 Å². The average Bonchev–Trinajstić information content (AvgIpc) is 2.60. The van der Waals surface area contributed by atoms with Crippen molar-refractivity contribution >= 4 is 23.9 Å². The second-order valence-corrected chi connectivity index (χ2v) is 5.89. The summed E-state index contributed by atoms with van der Waals surface area (Å²) in [5.41, 5.74) is 8.35. The summed E-state index contributed by atoms with van der Waals surface area (Å²) in [6, 6.07) is 0. The molecule has 0 spiro atoms. The predicted octanol–water partition coefficient (Wildman–Crippen LogP) is 0.396. The third-order valence-corrected chi connectivity index (χ3v) is 3.48. The Morgan fingerprint density at radius 3 is 1.97 bits per heavy atom. The van der Waals surface area contributed by atoms with Gasteiger partial charge in [0.25, 0.3) is 0 Å². The Bertz CT molecular complexity index is 663. The van der Waals surface area contributed by atoms with Crippen LogP contribution in [0.15, 0.2) is 5.11 Å². The monoisotopic (exact) mass is 417 g/mol. The average molecular weight is 417 g/mol. The van der Waals surface area contributed by atoms with E-state index in [-0.39, 0.29) is 19.8 Å². The summed E-state index contributed by atoms with van der Waals surface area (Å²) >= 11 is 0. The van der Waals surface area contributed by atoms with Crippen LogP contribution in [0, 0.1) is 0 Å². The van der Waals surface area contributed by atoms with Crippen LogP contribution in [0.3, 0.4) is 0 Å². The van der Waals surface area contributed by atoms with Gasteiger partial charge in [0.15, 0.2) is 24.6 Å². The molecule has 0 aromatic heterocycles. The highest BCUT2D eigenvalue weighted by Gasteiger charge is 2.52. The first-order chi connectivity index (χ1) is 13.6. The van der Waals surface area contributed by atoms with Crippen LogP contribution in [0.5, 0.6) is 0 Å². The van der Waals surface area contributed by atoms with Gasteiger partial charge in [-0.25, -0.2) is 0 Å². The van der Waals surface area contributed by atoms with Gasteiger partial charge in [-0.1, -0.05) is 5.11 Å². The summed E-state index contributed by atoms with van der Waals surface area (Å²) in [6.45, 7) is 4.01. The number of azide groups is 1. The van der Waals surface area contributed by atoms with Crippen LogP contribution < -0.4 is 0 Å². The second-order valence-electron chi connectivity index (χ2n) is 5.89. The molecule has 162 valence electrons. The molecule has 0 radical (unpaired) electrons. The number of esters is 4. The molecular weight excluding hydrogens is 394 g/mol. The first kappa shape index (κ1) is 24.1. The van der Waals surface area contributed by atoms with E-state index in [4.69, 9.17) is 34.0 Å². The van der Waals surface area contributed by atoms with Crippen molar-refractivity contribution < 1.29 is 47.6 Å². The van der Waals surface area contributed by atoms with Crippen molar-refractivity contribution in [3.05, 3.63) is 10.4 Å². The molecule has 13 nitrogen and oxygen atoms in total. The molecule has 1 saturated heterocycles. The number of nitrogens with zero attached hydrogens (tertiary/aromatic N) is 3. The summed E-state index contributed by atoms with van der Waals surface area (Å²) in [7, 11) is 0. The minimum atomic E-state index is -1.31. The summed E-state index contributed by atoms with van der Waals surface area (Å²) < 4.78 is 31.7. The lowest BCUT2D eigenvalue weighted by molar-refractivity contribution is -0.307. The molecule has 0 aliphatic carbocycles. The SMILES string of the molecule is CC(=O)OC[C@H]1O[C@H](OCCN=[N+]=[N-])[C@H](OC(C)=O)[C@@H](OC(C)=O)[C@@H]1OC(C)=O. The maximum absolute atomic E-state index is 11.6. The molecule has 0 saturated carbocycles. The van der Waals surface area contributed by atoms with Crippen LogP contribution in [0.2, 0.25) is 0 Å². The van der Waals surface area contributed by atoms with Crippen LogP contribution >= 0.6 is 0 Å². The number of hydrogen-bond acceptors (Lipinski definition) is 11. The molecule has 13 heteroatoms. The van der Waals surface area contributed by atoms with E-state index >= 15 is 0 Å². The van der Waals surface area contributed by atoms with Crippen molar-refractivity contribution in [2.75, 3.05) is 19.8 Å². The minimum Gasteiger partial charge on any atom is -0.463 e. The summed E-state index contributed by atoms with van der Waals surface area (Å²) in [5.74, 6) is -2.83. The summed E-state index contributed by atoms with van der Waals surface area (Å²) in [4.78, 5) is 48.5. The van der Waals surface area contributed by atoms with Crippen LogP contribution in [0.25, 0.3) is 10.4 Å². The van der Waals surface area contributed by atoms with Crippen molar-refractivity contribution in [2.24, 2.45) is 5.11 Å². The molecule has 0 aromatic carbocycles.